The van der Waals surface area contributed by atoms with Gasteiger partial charge in [-0.05, 0) is 83.7 Å². The van der Waals surface area contributed by atoms with Crippen LogP contribution in [0.15, 0.2) is 0 Å². The molecule has 2 fully saturated rings. The molecule has 10 nitrogen and oxygen atoms in total. The molecule has 200 valence electrons. The van der Waals surface area contributed by atoms with E-state index in [1.54, 1.807) is 27.7 Å². The standard InChI is InChI=1S/C25H42N2O8/c1-5-32-22(28)12-20(24(30)34-7-3)26-14-18-10-17-9-16(18)11-19(17)15-27-21(25(31)35-8-4)13-23(29)33-6-2/h16-21,26-27H,5-15H2,1-4H3. The number of hydrogen-bond donors (Lipinski definition) is 2. The molecule has 2 aliphatic carbocycles. The van der Waals surface area contributed by atoms with Crippen molar-refractivity contribution >= 4 is 23.9 Å². The highest BCUT2D eigenvalue weighted by Crippen LogP contribution is 2.51. The lowest BCUT2D eigenvalue weighted by Crippen LogP contribution is -2.45. The maximum absolute atomic E-state index is 12.3. The first-order valence-electron chi connectivity index (χ1n) is 12.9. The molecule has 0 heterocycles. The van der Waals surface area contributed by atoms with Crippen molar-refractivity contribution in [2.75, 3.05) is 39.5 Å². The van der Waals surface area contributed by atoms with Crippen molar-refractivity contribution in [2.45, 2.75) is 71.9 Å². The van der Waals surface area contributed by atoms with Gasteiger partial charge in [0.25, 0.3) is 0 Å². The van der Waals surface area contributed by atoms with E-state index in [4.69, 9.17) is 18.9 Å². The van der Waals surface area contributed by atoms with Crippen molar-refractivity contribution in [2.24, 2.45) is 23.7 Å². The molecule has 0 saturated heterocycles. The van der Waals surface area contributed by atoms with Gasteiger partial charge in [0.05, 0.1) is 39.3 Å². The quantitative estimate of drug-likeness (QED) is 0.239. The van der Waals surface area contributed by atoms with Crippen LogP contribution in [0.5, 0.6) is 0 Å². The Kier molecular flexibility index (Phi) is 12.5. The Morgan fingerprint density at radius 2 is 1.00 bits per heavy atom. The number of ether oxygens (including phenoxy) is 4. The van der Waals surface area contributed by atoms with Gasteiger partial charge < -0.3 is 29.6 Å². The number of esters is 4. The zero-order valence-electron chi connectivity index (χ0n) is 21.5. The zero-order valence-corrected chi connectivity index (χ0v) is 21.5. The average molecular weight is 499 g/mol. The SMILES string of the molecule is CCOC(=O)CC(NCC1CC2CC1CC2CNC(CC(=O)OCC)C(=O)OCC)C(=O)OCC. The van der Waals surface area contributed by atoms with Gasteiger partial charge in [-0.15, -0.1) is 0 Å². The molecule has 2 aliphatic rings. The zero-order chi connectivity index (χ0) is 25.8. The van der Waals surface area contributed by atoms with Crippen LogP contribution in [0.4, 0.5) is 0 Å². The Balaban J connectivity index is 1.84. The van der Waals surface area contributed by atoms with Gasteiger partial charge in [0.15, 0.2) is 0 Å². The summed E-state index contributed by atoms with van der Waals surface area (Å²) in [7, 11) is 0. The number of hydrogen-bond acceptors (Lipinski definition) is 10. The van der Waals surface area contributed by atoms with Gasteiger partial charge >= 0.3 is 23.9 Å². The first kappa shape index (κ1) is 29.0. The smallest absolute Gasteiger partial charge is 0.323 e. The minimum atomic E-state index is -0.709. The summed E-state index contributed by atoms with van der Waals surface area (Å²) in [5.41, 5.74) is 0. The molecule has 2 bridgehead atoms. The second-order valence-electron chi connectivity index (χ2n) is 9.19. The molecule has 35 heavy (non-hydrogen) atoms. The molecule has 6 unspecified atom stereocenters. The van der Waals surface area contributed by atoms with Crippen molar-refractivity contribution in [3.8, 4) is 0 Å². The number of carbonyl (C=O) groups excluding carboxylic acids is 4. The molecule has 6 atom stereocenters. The van der Waals surface area contributed by atoms with E-state index in [-0.39, 0.29) is 39.3 Å². The highest BCUT2D eigenvalue weighted by molar-refractivity contribution is 5.83. The van der Waals surface area contributed by atoms with E-state index in [0.29, 0.717) is 36.8 Å². The normalized spacial score (nSPS) is 24.5. The molecule has 0 aliphatic heterocycles. The van der Waals surface area contributed by atoms with Crippen LogP contribution in [-0.4, -0.2) is 75.5 Å². The second-order valence-corrected chi connectivity index (χ2v) is 9.19. The Labute approximate surface area is 208 Å². The fraction of sp³-hybridized carbons (Fsp3) is 0.840. The Bertz CT molecular complexity index is 658. The number of nitrogens with one attached hydrogen (secondary N) is 2. The van der Waals surface area contributed by atoms with Crippen LogP contribution in [0.3, 0.4) is 0 Å². The summed E-state index contributed by atoms with van der Waals surface area (Å²) >= 11 is 0. The largest absolute Gasteiger partial charge is 0.466 e. The average Bonchev–Trinajstić information content (AvgIpc) is 3.40. The van der Waals surface area contributed by atoms with E-state index in [9.17, 15) is 19.2 Å². The molecule has 10 heteroatoms. The molecule has 0 aromatic heterocycles. The molecular formula is C25H42N2O8. The fourth-order valence-electron chi connectivity index (χ4n) is 5.34. The Hall–Kier alpha value is -2.20. The molecule has 2 N–H and O–H groups in total. The van der Waals surface area contributed by atoms with Crippen LogP contribution in [0.25, 0.3) is 0 Å². The summed E-state index contributed by atoms with van der Waals surface area (Å²) in [5.74, 6) is 0.139. The summed E-state index contributed by atoms with van der Waals surface area (Å²) in [6.07, 6.45) is 3.04. The monoisotopic (exact) mass is 498 g/mol. The molecule has 0 spiro atoms. The van der Waals surface area contributed by atoms with E-state index in [0.717, 1.165) is 19.3 Å². The minimum absolute atomic E-state index is 0.0459. The Morgan fingerprint density at radius 3 is 1.31 bits per heavy atom. The van der Waals surface area contributed by atoms with Crippen LogP contribution < -0.4 is 10.6 Å². The summed E-state index contributed by atoms with van der Waals surface area (Å²) in [6.45, 7) is 9.27. The van der Waals surface area contributed by atoms with Gasteiger partial charge in [-0.3, -0.25) is 19.2 Å². The lowest BCUT2D eigenvalue weighted by atomic mass is 9.81. The maximum Gasteiger partial charge on any atom is 0.323 e. The number of carbonyl (C=O) groups is 4. The van der Waals surface area contributed by atoms with Crippen molar-refractivity contribution in [1.29, 1.82) is 0 Å². The molecule has 0 aromatic carbocycles. The van der Waals surface area contributed by atoms with Crippen molar-refractivity contribution in [1.82, 2.24) is 10.6 Å². The highest BCUT2D eigenvalue weighted by Gasteiger charge is 2.45. The molecule has 0 aromatic rings. The number of fused-ring (bicyclic) bond motifs is 2. The summed E-state index contributed by atoms with van der Waals surface area (Å²) in [4.78, 5) is 48.4. The molecule has 0 amide bonds. The molecule has 2 saturated carbocycles. The third-order valence-corrected chi connectivity index (χ3v) is 6.90. The lowest BCUT2D eigenvalue weighted by Gasteiger charge is -2.30. The van der Waals surface area contributed by atoms with Crippen molar-refractivity contribution in [3.63, 3.8) is 0 Å². The van der Waals surface area contributed by atoms with Gasteiger partial charge in [-0.1, -0.05) is 0 Å². The second kappa shape index (κ2) is 15.0. The van der Waals surface area contributed by atoms with E-state index in [1.165, 1.54) is 0 Å². The predicted molar refractivity (Wildman–Crippen MR) is 127 cm³/mol. The minimum Gasteiger partial charge on any atom is -0.466 e. The van der Waals surface area contributed by atoms with E-state index in [1.807, 2.05) is 0 Å². The maximum atomic E-state index is 12.3. The molecular weight excluding hydrogens is 456 g/mol. The van der Waals surface area contributed by atoms with Crippen LogP contribution in [0, 0.1) is 23.7 Å². The third-order valence-electron chi connectivity index (χ3n) is 6.90. The summed E-state index contributed by atoms with van der Waals surface area (Å²) in [6, 6.07) is -1.42. The van der Waals surface area contributed by atoms with E-state index >= 15 is 0 Å². The summed E-state index contributed by atoms with van der Waals surface area (Å²) < 4.78 is 20.2. The summed E-state index contributed by atoms with van der Waals surface area (Å²) in [5, 5.41) is 6.49. The van der Waals surface area contributed by atoms with Crippen LogP contribution >= 0.6 is 0 Å². The van der Waals surface area contributed by atoms with Gasteiger partial charge in [0, 0.05) is 0 Å². The first-order valence-corrected chi connectivity index (χ1v) is 12.9. The molecule has 2 rings (SSSR count). The van der Waals surface area contributed by atoms with Gasteiger partial charge in [-0.2, -0.15) is 0 Å². The number of rotatable bonds is 16. The van der Waals surface area contributed by atoms with Crippen LogP contribution in [0.2, 0.25) is 0 Å². The highest BCUT2D eigenvalue weighted by atomic mass is 16.5. The Morgan fingerprint density at radius 1 is 0.629 bits per heavy atom. The van der Waals surface area contributed by atoms with Crippen molar-refractivity contribution in [3.05, 3.63) is 0 Å². The fourth-order valence-corrected chi connectivity index (χ4v) is 5.34. The predicted octanol–water partition coefficient (Wildman–Crippen LogP) is 1.60. The van der Waals surface area contributed by atoms with Gasteiger partial charge in [0.2, 0.25) is 0 Å². The topological polar surface area (TPSA) is 129 Å². The van der Waals surface area contributed by atoms with E-state index in [2.05, 4.69) is 10.6 Å². The van der Waals surface area contributed by atoms with Gasteiger partial charge in [0.1, 0.15) is 12.1 Å². The van der Waals surface area contributed by atoms with Crippen LogP contribution in [-0.2, 0) is 38.1 Å². The lowest BCUT2D eigenvalue weighted by molar-refractivity contribution is -0.152. The molecule has 0 radical (unpaired) electrons. The van der Waals surface area contributed by atoms with Gasteiger partial charge in [-0.25, -0.2) is 0 Å². The first-order chi connectivity index (χ1) is 16.8. The van der Waals surface area contributed by atoms with E-state index < -0.39 is 36.0 Å². The van der Waals surface area contributed by atoms with Crippen molar-refractivity contribution < 1.29 is 38.1 Å². The third kappa shape index (κ3) is 9.07. The van der Waals surface area contributed by atoms with Crippen LogP contribution in [0.1, 0.15) is 59.8 Å².